The van der Waals surface area contributed by atoms with Crippen molar-refractivity contribution in [3.8, 4) is 5.88 Å². The Morgan fingerprint density at radius 1 is 1.46 bits per heavy atom. The van der Waals surface area contributed by atoms with Gasteiger partial charge in [-0.1, -0.05) is 11.6 Å². The minimum atomic E-state index is -4.54. The molecule has 0 radical (unpaired) electrons. The molecule has 0 atom stereocenters. The molecule has 1 heterocycles. The number of hydrogen-bond acceptors (Lipinski definition) is 2. The second-order valence-corrected chi connectivity index (χ2v) is 2.58. The van der Waals surface area contributed by atoms with Gasteiger partial charge in [0.05, 0.1) is 12.1 Å². The number of alkyl halides is 3. The van der Waals surface area contributed by atoms with Crippen molar-refractivity contribution in [2.24, 2.45) is 0 Å². The predicted molar refractivity (Wildman–Crippen MR) is 40.8 cm³/mol. The van der Waals surface area contributed by atoms with E-state index in [1.165, 1.54) is 0 Å². The van der Waals surface area contributed by atoms with Crippen molar-refractivity contribution in [3.63, 3.8) is 0 Å². The van der Waals surface area contributed by atoms with Crippen molar-refractivity contribution in [2.45, 2.75) is 6.18 Å². The van der Waals surface area contributed by atoms with Gasteiger partial charge in [-0.15, -0.1) is 0 Å². The fraction of sp³-hybridized carbons (Fsp3) is 0.286. The number of rotatable bonds is 1. The number of halogens is 4. The zero-order valence-electron chi connectivity index (χ0n) is 6.52. The molecule has 0 aliphatic rings. The molecule has 0 saturated heterocycles. The molecule has 6 heteroatoms. The van der Waals surface area contributed by atoms with Crippen LogP contribution < -0.4 is 4.74 Å². The van der Waals surface area contributed by atoms with Gasteiger partial charge in [0, 0.05) is 6.20 Å². The van der Waals surface area contributed by atoms with Crippen LogP contribution in [0.5, 0.6) is 5.88 Å². The summed E-state index contributed by atoms with van der Waals surface area (Å²) < 4.78 is 41.3. The second kappa shape index (κ2) is 3.41. The Labute approximate surface area is 77.3 Å². The molecule has 0 saturated carbocycles. The predicted octanol–water partition coefficient (Wildman–Crippen LogP) is 2.76. The second-order valence-electron chi connectivity index (χ2n) is 2.17. The van der Waals surface area contributed by atoms with Crippen molar-refractivity contribution in [1.29, 1.82) is 0 Å². The molecular weight excluding hydrogens is 207 g/mol. The number of nitrogens with zero attached hydrogens (tertiary/aromatic N) is 1. The molecule has 1 aromatic heterocycles. The summed E-state index contributed by atoms with van der Waals surface area (Å²) in [7, 11) is 1.11. The fourth-order valence-electron chi connectivity index (χ4n) is 0.832. The fourth-order valence-corrected chi connectivity index (χ4v) is 1.08. The summed E-state index contributed by atoms with van der Waals surface area (Å²) in [5, 5.41) is -0.417. The summed E-state index contributed by atoms with van der Waals surface area (Å²) in [4.78, 5) is 3.40. The lowest BCUT2D eigenvalue weighted by atomic mass is 10.2. The van der Waals surface area contributed by atoms with Gasteiger partial charge in [-0.2, -0.15) is 13.2 Å². The van der Waals surface area contributed by atoms with Crippen molar-refractivity contribution >= 4 is 11.6 Å². The average Bonchev–Trinajstić information content (AvgIpc) is 2.01. The smallest absolute Gasteiger partial charge is 0.423 e. The van der Waals surface area contributed by atoms with Crippen molar-refractivity contribution in [1.82, 2.24) is 4.98 Å². The lowest BCUT2D eigenvalue weighted by Gasteiger charge is -2.11. The van der Waals surface area contributed by atoms with Gasteiger partial charge in [0.2, 0.25) is 5.88 Å². The summed E-state index contributed by atoms with van der Waals surface area (Å²) in [6, 6.07) is 1.06. The average molecular weight is 212 g/mol. The van der Waals surface area contributed by atoms with E-state index in [2.05, 4.69) is 9.72 Å². The highest BCUT2D eigenvalue weighted by molar-refractivity contribution is 6.31. The molecular formula is C7H5ClF3NO. The Kier molecular flexibility index (Phi) is 2.66. The van der Waals surface area contributed by atoms with Gasteiger partial charge in [-0.3, -0.25) is 0 Å². The van der Waals surface area contributed by atoms with Crippen LogP contribution in [0.4, 0.5) is 13.2 Å². The van der Waals surface area contributed by atoms with Crippen LogP contribution in [-0.2, 0) is 6.18 Å². The highest BCUT2D eigenvalue weighted by Crippen LogP contribution is 2.39. The Morgan fingerprint density at radius 3 is 2.46 bits per heavy atom. The number of ether oxygens (including phenoxy) is 1. The minimum absolute atomic E-state index is 0.417. The van der Waals surface area contributed by atoms with E-state index in [1.54, 1.807) is 0 Å². The summed E-state index contributed by atoms with van der Waals surface area (Å²) in [6.07, 6.45) is -3.40. The molecule has 0 aliphatic heterocycles. The minimum Gasteiger partial charge on any atom is -0.481 e. The number of aromatic nitrogens is 1. The monoisotopic (exact) mass is 211 g/mol. The van der Waals surface area contributed by atoms with Gasteiger partial charge >= 0.3 is 6.18 Å². The van der Waals surface area contributed by atoms with E-state index in [4.69, 9.17) is 11.6 Å². The molecule has 0 unspecified atom stereocenters. The maximum atomic E-state index is 12.3. The normalized spacial score (nSPS) is 11.5. The van der Waals surface area contributed by atoms with Gasteiger partial charge in [0.25, 0.3) is 0 Å². The zero-order chi connectivity index (χ0) is 10.1. The molecule has 0 aromatic carbocycles. The lowest BCUT2D eigenvalue weighted by molar-refractivity contribution is -0.139. The molecule has 0 aliphatic carbocycles. The molecule has 13 heavy (non-hydrogen) atoms. The number of methoxy groups -OCH3 is 1. The third kappa shape index (κ3) is 2.03. The van der Waals surface area contributed by atoms with E-state index in [0.717, 1.165) is 19.4 Å². The zero-order valence-corrected chi connectivity index (χ0v) is 7.28. The summed E-state index contributed by atoms with van der Waals surface area (Å²) in [5.41, 5.74) is -1.04. The van der Waals surface area contributed by atoms with Gasteiger partial charge in [-0.25, -0.2) is 4.98 Å². The van der Waals surface area contributed by atoms with Crippen LogP contribution in [0.2, 0.25) is 5.02 Å². The van der Waals surface area contributed by atoms with E-state index in [0.29, 0.717) is 0 Å². The standard InChI is InChI=1S/C7H5ClF3NO/c1-13-6-5(7(9,10)11)4(8)2-3-12-6/h2-3H,1H3. The summed E-state index contributed by atoms with van der Waals surface area (Å²) >= 11 is 5.35. The number of pyridine rings is 1. The molecule has 72 valence electrons. The molecule has 0 N–H and O–H groups in total. The first kappa shape index (κ1) is 10.1. The summed E-state index contributed by atoms with van der Waals surface area (Å²) in [6.45, 7) is 0. The van der Waals surface area contributed by atoms with E-state index in [1.807, 2.05) is 0 Å². The van der Waals surface area contributed by atoms with Crippen molar-refractivity contribution < 1.29 is 17.9 Å². The maximum Gasteiger partial charge on any atom is 0.423 e. The van der Waals surface area contributed by atoms with Crippen LogP contribution in [0.25, 0.3) is 0 Å². The molecule has 1 rings (SSSR count). The largest absolute Gasteiger partial charge is 0.481 e. The highest BCUT2D eigenvalue weighted by Gasteiger charge is 2.37. The van der Waals surface area contributed by atoms with Crippen LogP contribution in [-0.4, -0.2) is 12.1 Å². The topological polar surface area (TPSA) is 22.1 Å². The van der Waals surface area contributed by atoms with Crippen LogP contribution >= 0.6 is 11.6 Å². The van der Waals surface area contributed by atoms with Gasteiger partial charge in [0.15, 0.2) is 0 Å². The third-order valence-electron chi connectivity index (χ3n) is 1.34. The van der Waals surface area contributed by atoms with Crippen molar-refractivity contribution in [3.05, 3.63) is 22.8 Å². The third-order valence-corrected chi connectivity index (χ3v) is 1.66. The van der Waals surface area contributed by atoms with E-state index >= 15 is 0 Å². The Hall–Kier alpha value is -0.970. The molecule has 2 nitrogen and oxygen atoms in total. The quantitative estimate of drug-likeness (QED) is 0.713. The van der Waals surface area contributed by atoms with Gasteiger partial charge in [0.1, 0.15) is 5.56 Å². The van der Waals surface area contributed by atoms with Crippen molar-refractivity contribution in [2.75, 3.05) is 7.11 Å². The van der Waals surface area contributed by atoms with E-state index in [-0.39, 0.29) is 0 Å². The van der Waals surface area contributed by atoms with Crippen LogP contribution in [0, 0.1) is 0 Å². The maximum absolute atomic E-state index is 12.3. The molecule has 0 amide bonds. The van der Waals surface area contributed by atoms with Crippen LogP contribution in [0.3, 0.4) is 0 Å². The van der Waals surface area contributed by atoms with Gasteiger partial charge in [-0.05, 0) is 6.07 Å². The first-order valence-electron chi connectivity index (χ1n) is 3.22. The molecule has 0 fully saturated rings. The first-order chi connectivity index (χ1) is 5.96. The Morgan fingerprint density at radius 2 is 2.08 bits per heavy atom. The molecule has 0 spiro atoms. The molecule has 1 aromatic rings. The molecule has 0 bridgehead atoms. The Bertz CT molecular complexity index is 313. The van der Waals surface area contributed by atoms with E-state index < -0.39 is 22.6 Å². The first-order valence-corrected chi connectivity index (χ1v) is 3.60. The SMILES string of the molecule is COc1nccc(Cl)c1C(F)(F)F. The van der Waals surface area contributed by atoms with Crippen LogP contribution in [0.15, 0.2) is 12.3 Å². The lowest BCUT2D eigenvalue weighted by Crippen LogP contribution is -2.09. The van der Waals surface area contributed by atoms with E-state index in [9.17, 15) is 13.2 Å². The van der Waals surface area contributed by atoms with Gasteiger partial charge < -0.3 is 4.74 Å². The summed E-state index contributed by atoms with van der Waals surface area (Å²) in [5.74, 6) is -0.514. The Balaban J connectivity index is 3.32. The number of hydrogen-bond donors (Lipinski definition) is 0. The van der Waals surface area contributed by atoms with Crippen LogP contribution in [0.1, 0.15) is 5.56 Å². The highest BCUT2D eigenvalue weighted by atomic mass is 35.5.